The Bertz CT molecular complexity index is 746. The number of amides is 1. The summed E-state index contributed by atoms with van der Waals surface area (Å²) in [5, 5.41) is 18.1. The van der Waals surface area contributed by atoms with Gasteiger partial charge in [-0.25, -0.2) is 0 Å². The van der Waals surface area contributed by atoms with Gasteiger partial charge in [-0.2, -0.15) is 0 Å². The van der Waals surface area contributed by atoms with Crippen LogP contribution in [0.1, 0.15) is 40.9 Å². The zero-order valence-electron chi connectivity index (χ0n) is 14.0. The zero-order valence-corrected chi connectivity index (χ0v) is 14.0. The molecule has 1 N–H and O–H groups in total. The first-order valence-corrected chi connectivity index (χ1v) is 8.80. The van der Waals surface area contributed by atoms with Crippen LogP contribution >= 0.6 is 0 Å². The van der Waals surface area contributed by atoms with Crippen molar-refractivity contribution in [3.05, 3.63) is 47.5 Å². The summed E-state index contributed by atoms with van der Waals surface area (Å²) in [6.07, 6.45) is 2.55. The summed E-state index contributed by atoms with van der Waals surface area (Å²) in [5.74, 6) is 1.14. The van der Waals surface area contributed by atoms with Crippen molar-refractivity contribution in [2.45, 2.75) is 38.0 Å². The van der Waals surface area contributed by atoms with Crippen molar-refractivity contribution in [3.63, 3.8) is 0 Å². The van der Waals surface area contributed by atoms with Crippen molar-refractivity contribution in [1.29, 1.82) is 0 Å². The first-order chi connectivity index (χ1) is 12.3. The highest BCUT2D eigenvalue weighted by molar-refractivity contribution is 5.91. The molecule has 0 saturated carbocycles. The molecule has 3 heterocycles. The molecule has 2 aromatic rings. The molecule has 2 aliphatic heterocycles. The first-order valence-electron chi connectivity index (χ1n) is 8.80. The second-order valence-corrected chi connectivity index (χ2v) is 6.49. The Balaban J connectivity index is 1.69. The lowest BCUT2D eigenvalue weighted by Crippen LogP contribution is -2.50. The van der Waals surface area contributed by atoms with Crippen LogP contribution in [0.15, 0.2) is 30.3 Å². The molecule has 0 radical (unpaired) electrons. The molecule has 0 bridgehead atoms. The molecular weight excluding hydrogens is 320 g/mol. The summed E-state index contributed by atoms with van der Waals surface area (Å²) in [6, 6.07) is 9.38. The van der Waals surface area contributed by atoms with Crippen molar-refractivity contribution < 1.29 is 14.6 Å². The summed E-state index contributed by atoms with van der Waals surface area (Å²) in [6.45, 7) is 1.52. The van der Waals surface area contributed by atoms with Crippen LogP contribution in [0.25, 0.3) is 0 Å². The molecular formula is C18H22N4O3. The van der Waals surface area contributed by atoms with Crippen LogP contribution in [0, 0.1) is 0 Å². The molecule has 0 spiro atoms. The third-order valence-corrected chi connectivity index (χ3v) is 4.98. The van der Waals surface area contributed by atoms with E-state index in [-0.39, 0.29) is 18.6 Å². The minimum atomic E-state index is -0.441. The Kier molecular flexibility index (Phi) is 4.50. The molecule has 1 amide bonds. The summed E-state index contributed by atoms with van der Waals surface area (Å²) in [7, 11) is 0. The van der Waals surface area contributed by atoms with Crippen molar-refractivity contribution >= 4 is 5.91 Å². The van der Waals surface area contributed by atoms with Crippen molar-refractivity contribution in [2.24, 2.45) is 0 Å². The lowest BCUT2D eigenvalue weighted by Gasteiger charge is -2.40. The van der Waals surface area contributed by atoms with Crippen LogP contribution in [0.3, 0.4) is 0 Å². The number of aliphatic hydroxyl groups excluding tert-OH is 1. The fourth-order valence-corrected chi connectivity index (χ4v) is 3.75. The maximum absolute atomic E-state index is 13.2. The summed E-state index contributed by atoms with van der Waals surface area (Å²) in [5.41, 5.74) is 0.952. The normalized spacial score (nSPS) is 23.3. The van der Waals surface area contributed by atoms with E-state index in [0.29, 0.717) is 19.0 Å². The van der Waals surface area contributed by atoms with Crippen LogP contribution in [0.2, 0.25) is 0 Å². The average Bonchev–Trinajstić information content (AvgIpc) is 3.11. The Morgan fingerprint density at radius 3 is 2.84 bits per heavy atom. The maximum Gasteiger partial charge on any atom is 0.292 e. The predicted octanol–water partition coefficient (Wildman–Crippen LogP) is 1.19. The zero-order chi connectivity index (χ0) is 17.2. The van der Waals surface area contributed by atoms with E-state index in [2.05, 4.69) is 10.2 Å². The number of aryl methyl sites for hydroxylation is 1. The van der Waals surface area contributed by atoms with E-state index in [1.807, 2.05) is 34.9 Å². The fourth-order valence-electron chi connectivity index (χ4n) is 3.75. The third-order valence-electron chi connectivity index (χ3n) is 4.98. The molecule has 0 unspecified atom stereocenters. The smallest absolute Gasteiger partial charge is 0.292 e. The summed E-state index contributed by atoms with van der Waals surface area (Å²) >= 11 is 0. The number of nitrogens with zero attached hydrogens (tertiary/aromatic N) is 4. The number of aromatic nitrogens is 3. The van der Waals surface area contributed by atoms with Crippen molar-refractivity contribution in [2.75, 3.05) is 19.8 Å². The molecule has 1 aromatic carbocycles. The molecule has 1 aromatic heterocycles. The minimum Gasteiger partial charge on any atom is -0.394 e. The monoisotopic (exact) mass is 342 g/mol. The molecule has 0 aliphatic carbocycles. The van der Waals surface area contributed by atoms with E-state index in [4.69, 9.17) is 4.74 Å². The Morgan fingerprint density at radius 1 is 1.20 bits per heavy atom. The molecule has 7 heteroatoms. The van der Waals surface area contributed by atoms with E-state index in [0.717, 1.165) is 37.2 Å². The van der Waals surface area contributed by atoms with Gasteiger partial charge >= 0.3 is 0 Å². The Morgan fingerprint density at radius 2 is 2.04 bits per heavy atom. The Labute approximate surface area is 146 Å². The average molecular weight is 342 g/mol. The lowest BCUT2D eigenvalue weighted by atomic mass is 9.98. The van der Waals surface area contributed by atoms with Crippen molar-refractivity contribution in [1.82, 2.24) is 19.7 Å². The SMILES string of the molecule is O=C(c1nnc2n1CCCC2)N1CCO[C@@H](CO)[C@@H]1c1ccccc1. The quantitative estimate of drug-likeness (QED) is 0.906. The molecule has 4 rings (SSSR count). The number of carbonyl (C=O) groups is 1. The van der Waals surface area contributed by atoms with Gasteiger partial charge in [0.25, 0.3) is 5.91 Å². The van der Waals surface area contributed by atoms with Gasteiger partial charge in [0.15, 0.2) is 0 Å². The number of aliphatic hydroxyl groups is 1. The number of morpholine rings is 1. The van der Waals surface area contributed by atoms with E-state index in [9.17, 15) is 9.90 Å². The number of fused-ring (bicyclic) bond motifs is 1. The van der Waals surface area contributed by atoms with Gasteiger partial charge < -0.3 is 19.3 Å². The largest absolute Gasteiger partial charge is 0.394 e. The highest BCUT2D eigenvalue weighted by Gasteiger charge is 2.38. The van der Waals surface area contributed by atoms with Crippen LogP contribution in [0.5, 0.6) is 0 Å². The highest BCUT2D eigenvalue weighted by atomic mass is 16.5. The van der Waals surface area contributed by atoms with Crippen LogP contribution in [-0.4, -0.2) is 56.5 Å². The van der Waals surface area contributed by atoms with Crippen molar-refractivity contribution in [3.8, 4) is 0 Å². The second-order valence-electron chi connectivity index (χ2n) is 6.49. The molecule has 1 fully saturated rings. The number of carbonyl (C=O) groups excluding carboxylic acids is 1. The molecule has 7 nitrogen and oxygen atoms in total. The summed E-state index contributed by atoms with van der Waals surface area (Å²) in [4.78, 5) is 15.0. The van der Waals surface area contributed by atoms with Gasteiger partial charge in [-0.05, 0) is 18.4 Å². The van der Waals surface area contributed by atoms with Gasteiger partial charge in [-0.3, -0.25) is 4.79 Å². The molecule has 25 heavy (non-hydrogen) atoms. The number of rotatable bonds is 3. The number of hydrogen-bond donors (Lipinski definition) is 1. The molecule has 1 saturated heterocycles. The maximum atomic E-state index is 13.2. The van der Waals surface area contributed by atoms with Gasteiger partial charge in [-0.15, -0.1) is 10.2 Å². The van der Waals surface area contributed by atoms with Crippen LogP contribution in [-0.2, 0) is 17.7 Å². The van der Waals surface area contributed by atoms with Gasteiger partial charge in [-0.1, -0.05) is 30.3 Å². The van der Waals surface area contributed by atoms with E-state index >= 15 is 0 Å². The van der Waals surface area contributed by atoms with Crippen LogP contribution in [0.4, 0.5) is 0 Å². The van der Waals surface area contributed by atoms with Gasteiger partial charge in [0, 0.05) is 19.5 Å². The van der Waals surface area contributed by atoms with Crippen LogP contribution < -0.4 is 0 Å². The number of ether oxygens (including phenoxy) is 1. The van der Waals surface area contributed by atoms with E-state index in [1.165, 1.54) is 0 Å². The third kappa shape index (κ3) is 2.94. The topological polar surface area (TPSA) is 80.5 Å². The summed E-state index contributed by atoms with van der Waals surface area (Å²) < 4.78 is 7.66. The standard InChI is InChI=1S/C18H22N4O3/c23-12-14-16(13-6-2-1-3-7-13)22(10-11-25-14)18(24)17-20-19-15-8-4-5-9-21(15)17/h1-3,6-7,14,16,23H,4-5,8-12H2/t14-,16-/m0/s1. The Hall–Kier alpha value is -2.25. The second kappa shape index (κ2) is 6.93. The molecule has 2 atom stereocenters. The van der Waals surface area contributed by atoms with Gasteiger partial charge in [0.2, 0.25) is 5.82 Å². The van der Waals surface area contributed by atoms with E-state index in [1.54, 1.807) is 4.90 Å². The number of hydrogen-bond acceptors (Lipinski definition) is 5. The van der Waals surface area contributed by atoms with Gasteiger partial charge in [0.05, 0.1) is 19.3 Å². The predicted molar refractivity (Wildman–Crippen MR) is 90.0 cm³/mol. The van der Waals surface area contributed by atoms with E-state index < -0.39 is 6.10 Å². The van der Waals surface area contributed by atoms with Gasteiger partial charge in [0.1, 0.15) is 11.9 Å². The first kappa shape index (κ1) is 16.2. The number of benzene rings is 1. The fraction of sp³-hybridized carbons (Fsp3) is 0.500. The molecule has 132 valence electrons. The minimum absolute atomic E-state index is 0.138. The lowest BCUT2D eigenvalue weighted by molar-refractivity contribution is -0.0815. The molecule has 2 aliphatic rings. The highest BCUT2D eigenvalue weighted by Crippen LogP contribution is 2.31.